The number of hydrogen-bond acceptors (Lipinski definition) is 2. The number of nitrogens with one attached hydrogen (secondary N) is 1. The standard InChI is InChI=1S/C14H17BrN2O/c15-11-3-1-10(2-4-11)14(18)17-8-7-12-5-6-13(9-17)16-12/h1-4,12-13,16H,5-9H2. The molecule has 0 spiro atoms. The largest absolute Gasteiger partial charge is 0.337 e. The maximum atomic E-state index is 12.4. The Kier molecular flexibility index (Phi) is 3.39. The maximum absolute atomic E-state index is 12.4. The summed E-state index contributed by atoms with van der Waals surface area (Å²) in [5.74, 6) is 0.164. The number of hydrogen-bond donors (Lipinski definition) is 1. The second kappa shape index (κ2) is 5.02. The fourth-order valence-corrected chi connectivity index (χ4v) is 3.17. The molecule has 2 atom stereocenters. The van der Waals surface area contributed by atoms with Crippen molar-refractivity contribution in [2.75, 3.05) is 13.1 Å². The van der Waals surface area contributed by atoms with E-state index in [0.29, 0.717) is 12.1 Å². The number of amides is 1. The van der Waals surface area contributed by atoms with Gasteiger partial charge >= 0.3 is 0 Å². The second-order valence-corrected chi connectivity index (χ2v) is 6.10. The fourth-order valence-electron chi connectivity index (χ4n) is 2.90. The highest BCUT2D eigenvalue weighted by Crippen LogP contribution is 2.22. The average molecular weight is 309 g/mol. The van der Waals surface area contributed by atoms with E-state index in [9.17, 15) is 4.79 Å². The van der Waals surface area contributed by atoms with Gasteiger partial charge in [0, 0.05) is 35.2 Å². The van der Waals surface area contributed by atoms with Crippen LogP contribution in [0, 0.1) is 0 Å². The van der Waals surface area contributed by atoms with Crippen LogP contribution in [0.3, 0.4) is 0 Å². The molecule has 2 aliphatic heterocycles. The summed E-state index contributed by atoms with van der Waals surface area (Å²) in [6, 6.07) is 8.76. The minimum absolute atomic E-state index is 0.164. The molecule has 4 heteroatoms. The number of likely N-dealkylation sites (tertiary alicyclic amines) is 1. The van der Waals surface area contributed by atoms with Crippen molar-refractivity contribution in [3.63, 3.8) is 0 Å². The molecule has 1 N–H and O–H groups in total. The van der Waals surface area contributed by atoms with E-state index in [4.69, 9.17) is 0 Å². The van der Waals surface area contributed by atoms with Gasteiger partial charge in [-0.2, -0.15) is 0 Å². The van der Waals surface area contributed by atoms with Gasteiger partial charge < -0.3 is 10.2 Å². The smallest absolute Gasteiger partial charge is 0.253 e. The van der Waals surface area contributed by atoms with E-state index in [1.165, 1.54) is 12.8 Å². The van der Waals surface area contributed by atoms with Crippen LogP contribution < -0.4 is 5.32 Å². The Labute approximate surface area is 116 Å². The summed E-state index contributed by atoms with van der Waals surface area (Å²) in [5.41, 5.74) is 0.788. The van der Waals surface area contributed by atoms with Gasteiger partial charge in [0.25, 0.3) is 5.91 Å². The number of benzene rings is 1. The molecular weight excluding hydrogens is 292 g/mol. The van der Waals surface area contributed by atoms with Gasteiger partial charge in [0.05, 0.1) is 0 Å². The van der Waals surface area contributed by atoms with E-state index in [0.717, 1.165) is 29.5 Å². The molecule has 2 bridgehead atoms. The zero-order valence-electron chi connectivity index (χ0n) is 10.2. The van der Waals surface area contributed by atoms with Crippen LogP contribution >= 0.6 is 15.9 Å². The number of rotatable bonds is 1. The predicted octanol–water partition coefficient (Wildman–Crippen LogP) is 2.42. The van der Waals surface area contributed by atoms with Crippen LogP contribution in [-0.4, -0.2) is 36.0 Å². The molecular formula is C14H17BrN2O. The van der Waals surface area contributed by atoms with Gasteiger partial charge in [-0.05, 0) is 43.5 Å². The third kappa shape index (κ3) is 2.45. The first-order chi connectivity index (χ1) is 8.72. The lowest BCUT2D eigenvalue weighted by molar-refractivity contribution is 0.0748. The Morgan fingerprint density at radius 1 is 1.17 bits per heavy atom. The number of fused-ring (bicyclic) bond motifs is 2. The molecule has 1 aromatic carbocycles. The first-order valence-electron chi connectivity index (χ1n) is 6.53. The van der Waals surface area contributed by atoms with Gasteiger partial charge in [-0.1, -0.05) is 15.9 Å². The third-order valence-electron chi connectivity index (χ3n) is 3.90. The van der Waals surface area contributed by atoms with Gasteiger partial charge in [0.2, 0.25) is 0 Å². The van der Waals surface area contributed by atoms with E-state index < -0.39 is 0 Å². The molecule has 3 rings (SSSR count). The minimum Gasteiger partial charge on any atom is -0.337 e. The van der Waals surface area contributed by atoms with Crippen molar-refractivity contribution in [3.05, 3.63) is 34.3 Å². The van der Waals surface area contributed by atoms with Crippen molar-refractivity contribution >= 4 is 21.8 Å². The summed E-state index contributed by atoms with van der Waals surface area (Å²) in [6.45, 7) is 1.73. The Hall–Kier alpha value is -0.870. The van der Waals surface area contributed by atoms with E-state index >= 15 is 0 Å². The Bertz CT molecular complexity index is 446. The SMILES string of the molecule is O=C(c1ccc(Br)cc1)N1CCC2CCC(C1)N2. The molecule has 3 nitrogen and oxygen atoms in total. The highest BCUT2D eigenvalue weighted by molar-refractivity contribution is 9.10. The summed E-state index contributed by atoms with van der Waals surface area (Å²) in [7, 11) is 0. The van der Waals surface area contributed by atoms with Gasteiger partial charge in [0.15, 0.2) is 0 Å². The molecule has 0 aliphatic carbocycles. The average Bonchev–Trinajstić information content (AvgIpc) is 2.69. The number of carbonyl (C=O) groups excluding carboxylic acids is 1. The highest BCUT2D eigenvalue weighted by Gasteiger charge is 2.31. The molecule has 0 saturated carbocycles. The minimum atomic E-state index is 0.164. The summed E-state index contributed by atoms with van der Waals surface area (Å²) < 4.78 is 1.01. The molecule has 2 aliphatic rings. The van der Waals surface area contributed by atoms with Crippen LogP contribution in [0.15, 0.2) is 28.7 Å². The number of nitrogens with zero attached hydrogens (tertiary/aromatic N) is 1. The summed E-state index contributed by atoms with van der Waals surface area (Å²) in [5, 5.41) is 3.60. The van der Waals surface area contributed by atoms with Crippen molar-refractivity contribution in [1.29, 1.82) is 0 Å². The van der Waals surface area contributed by atoms with E-state index in [2.05, 4.69) is 21.2 Å². The van der Waals surface area contributed by atoms with Crippen molar-refractivity contribution in [1.82, 2.24) is 10.2 Å². The topological polar surface area (TPSA) is 32.3 Å². The van der Waals surface area contributed by atoms with Crippen molar-refractivity contribution < 1.29 is 4.79 Å². The van der Waals surface area contributed by atoms with Crippen LogP contribution in [0.1, 0.15) is 29.6 Å². The number of halogens is 1. The lowest BCUT2D eigenvalue weighted by Crippen LogP contribution is -2.39. The molecule has 2 heterocycles. The Morgan fingerprint density at radius 2 is 1.89 bits per heavy atom. The van der Waals surface area contributed by atoms with Crippen LogP contribution in [0.5, 0.6) is 0 Å². The zero-order valence-corrected chi connectivity index (χ0v) is 11.8. The molecule has 2 saturated heterocycles. The predicted molar refractivity (Wildman–Crippen MR) is 74.6 cm³/mol. The summed E-state index contributed by atoms with van der Waals surface area (Å²) in [6.07, 6.45) is 3.55. The van der Waals surface area contributed by atoms with Crippen molar-refractivity contribution in [2.45, 2.75) is 31.3 Å². The molecule has 96 valence electrons. The first kappa shape index (κ1) is 12.2. The summed E-state index contributed by atoms with van der Waals surface area (Å²) >= 11 is 3.39. The lowest BCUT2D eigenvalue weighted by atomic mass is 10.1. The first-order valence-corrected chi connectivity index (χ1v) is 7.32. The van der Waals surface area contributed by atoms with Gasteiger partial charge in [0.1, 0.15) is 0 Å². The Balaban J connectivity index is 1.74. The molecule has 18 heavy (non-hydrogen) atoms. The normalized spacial score (nSPS) is 27.1. The van der Waals surface area contributed by atoms with Crippen LogP contribution in [0.25, 0.3) is 0 Å². The van der Waals surface area contributed by atoms with Crippen LogP contribution in [0.4, 0.5) is 0 Å². The Morgan fingerprint density at radius 3 is 2.67 bits per heavy atom. The quantitative estimate of drug-likeness (QED) is 0.864. The maximum Gasteiger partial charge on any atom is 0.253 e. The molecule has 1 amide bonds. The molecule has 2 unspecified atom stereocenters. The number of carbonyl (C=O) groups is 1. The lowest BCUT2D eigenvalue weighted by Gasteiger charge is -2.24. The van der Waals surface area contributed by atoms with E-state index in [-0.39, 0.29) is 5.91 Å². The fraction of sp³-hybridized carbons (Fsp3) is 0.500. The van der Waals surface area contributed by atoms with E-state index in [1.54, 1.807) is 0 Å². The zero-order chi connectivity index (χ0) is 12.5. The van der Waals surface area contributed by atoms with Crippen LogP contribution in [-0.2, 0) is 0 Å². The molecule has 0 radical (unpaired) electrons. The molecule has 1 aromatic rings. The monoisotopic (exact) mass is 308 g/mol. The van der Waals surface area contributed by atoms with Gasteiger partial charge in [-0.3, -0.25) is 4.79 Å². The van der Waals surface area contributed by atoms with Crippen molar-refractivity contribution in [3.8, 4) is 0 Å². The molecule has 0 aromatic heterocycles. The summed E-state index contributed by atoms with van der Waals surface area (Å²) in [4.78, 5) is 14.4. The van der Waals surface area contributed by atoms with Gasteiger partial charge in [-0.25, -0.2) is 0 Å². The van der Waals surface area contributed by atoms with Crippen LogP contribution in [0.2, 0.25) is 0 Å². The second-order valence-electron chi connectivity index (χ2n) is 5.18. The van der Waals surface area contributed by atoms with Crippen molar-refractivity contribution in [2.24, 2.45) is 0 Å². The highest BCUT2D eigenvalue weighted by atomic mass is 79.9. The van der Waals surface area contributed by atoms with E-state index in [1.807, 2.05) is 29.2 Å². The van der Waals surface area contributed by atoms with Gasteiger partial charge in [-0.15, -0.1) is 0 Å². The molecule has 2 fully saturated rings. The third-order valence-corrected chi connectivity index (χ3v) is 4.43.